The number of anilines is 1. The third kappa shape index (κ3) is 1.65. The highest BCUT2D eigenvalue weighted by Gasteiger charge is 2.20. The lowest BCUT2D eigenvalue weighted by Gasteiger charge is -2.21. The van der Waals surface area contributed by atoms with Gasteiger partial charge in [0.25, 0.3) is 0 Å². The average molecular weight is 203 g/mol. The monoisotopic (exact) mass is 203 g/mol. The molecular formula is C12H13NO2. The number of nitrogens with one attached hydrogen (secondary N) is 1. The third-order valence-electron chi connectivity index (χ3n) is 2.77. The van der Waals surface area contributed by atoms with Gasteiger partial charge in [-0.15, -0.1) is 0 Å². The number of hydrogen-bond acceptors (Lipinski definition) is 2. The highest BCUT2D eigenvalue weighted by atomic mass is 16.1. The number of carbonyl (C=O) groups excluding carboxylic acids is 2. The normalized spacial score (nSPS) is 14.4. The third-order valence-corrected chi connectivity index (χ3v) is 2.77. The van der Waals surface area contributed by atoms with Crippen molar-refractivity contribution in [3.63, 3.8) is 0 Å². The zero-order chi connectivity index (χ0) is 11.0. The number of Topliss-reactive ketones (excluding diaryl/α,β-unsaturated/α-hetero) is 1. The number of benzene rings is 1. The Morgan fingerprint density at radius 2 is 2.07 bits per heavy atom. The summed E-state index contributed by atoms with van der Waals surface area (Å²) in [6.45, 7) is 3.50. The number of hydrogen-bond donors (Lipinski definition) is 1. The van der Waals surface area contributed by atoms with Gasteiger partial charge in [-0.3, -0.25) is 9.59 Å². The first kappa shape index (κ1) is 9.90. The van der Waals surface area contributed by atoms with Crippen LogP contribution >= 0.6 is 0 Å². The molecule has 0 saturated heterocycles. The summed E-state index contributed by atoms with van der Waals surface area (Å²) in [6.07, 6.45) is 1.13. The number of amides is 1. The van der Waals surface area contributed by atoms with Crippen LogP contribution in [0.15, 0.2) is 12.1 Å². The average Bonchev–Trinajstić information content (AvgIpc) is 2.19. The first-order valence-corrected chi connectivity index (χ1v) is 5.03. The number of fused-ring (bicyclic) bond motifs is 1. The van der Waals surface area contributed by atoms with Gasteiger partial charge >= 0.3 is 0 Å². The van der Waals surface area contributed by atoms with Crippen molar-refractivity contribution in [2.45, 2.75) is 26.7 Å². The standard InChI is InChI=1S/C12H13NO2/c1-7-3-4-9(8(2)14)10-5-6-11(15)13-12(7)10/h3-4H,5-6H2,1-2H3,(H,13,15). The minimum atomic E-state index is 0.0336. The van der Waals surface area contributed by atoms with E-state index in [9.17, 15) is 9.59 Å². The molecule has 0 bridgehead atoms. The molecule has 15 heavy (non-hydrogen) atoms. The lowest BCUT2D eigenvalue weighted by molar-refractivity contribution is -0.116. The molecule has 2 rings (SSSR count). The summed E-state index contributed by atoms with van der Waals surface area (Å²) in [4.78, 5) is 22.7. The van der Waals surface area contributed by atoms with Gasteiger partial charge in [-0.2, -0.15) is 0 Å². The quantitative estimate of drug-likeness (QED) is 0.710. The van der Waals surface area contributed by atoms with Crippen LogP contribution in [-0.2, 0) is 11.2 Å². The van der Waals surface area contributed by atoms with E-state index in [2.05, 4.69) is 5.32 Å². The molecule has 1 aromatic rings. The molecule has 1 aromatic carbocycles. The molecule has 0 spiro atoms. The van der Waals surface area contributed by atoms with Gasteiger partial charge in [-0.25, -0.2) is 0 Å². The van der Waals surface area contributed by atoms with Crippen LogP contribution in [0.4, 0.5) is 5.69 Å². The van der Waals surface area contributed by atoms with E-state index < -0.39 is 0 Å². The van der Waals surface area contributed by atoms with Gasteiger partial charge in [-0.05, 0) is 31.4 Å². The van der Waals surface area contributed by atoms with Gasteiger partial charge in [0.05, 0.1) is 0 Å². The largest absolute Gasteiger partial charge is 0.326 e. The molecule has 1 heterocycles. The minimum absolute atomic E-state index is 0.0336. The van der Waals surface area contributed by atoms with Crippen LogP contribution in [0.1, 0.15) is 34.8 Å². The molecule has 3 nitrogen and oxygen atoms in total. The maximum atomic E-state index is 11.4. The molecule has 0 radical (unpaired) electrons. The van der Waals surface area contributed by atoms with E-state index in [0.29, 0.717) is 12.8 Å². The van der Waals surface area contributed by atoms with E-state index in [-0.39, 0.29) is 11.7 Å². The smallest absolute Gasteiger partial charge is 0.224 e. The maximum absolute atomic E-state index is 11.4. The van der Waals surface area contributed by atoms with E-state index in [1.165, 1.54) is 0 Å². The van der Waals surface area contributed by atoms with Gasteiger partial charge in [-0.1, -0.05) is 12.1 Å². The molecule has 0 aliphatic carbocycles. The Hall–Kier alpha value is -1.64. The summed E-state index contributed by atoms with van der Waals surface area (Å²) in [5.74, 6) is 0.0914. The molecule has 78 valence electrons. The Morgan fingerprint density at radius 3 is 2.73 bits per heavy atom. The first-order chi connectivity index (χ1) is 7.09. The zero-order valence-electron chi connectivity index (χ0n) is 8.89. The van der Waals surface area contributed by atoms with E-state index in [0.717, 1.165) is 22.4 Å². The lowest BCUT2D eigenvalue weighted by atomic mass is 9.93. The number of aryl methyl sites for hydroxylation is 1. The summed E-state index contributed by atoms with van der Waals surface area (Å²) in [5, 5.41) is 2.83. The molecule has 1 aliphatic heterocycles. The highest BCUT2D eigenvalue weighted by Crippen LogP contribution is 2.29. The number of ketones is 1. The van der Waals surface area contributed by atoms with Crippen LogP contribution in [0.3, 0.4) is 0 Å². The Bertz CT molecular complexity index is 449. The molecule has 0 fully saturated rings. The van der Waals surface area contributed by atoms with Gasteiger partial charge in [0.15, 0.2) is 5.78 Å². The minimum Gasteiger partial charge on any atom is -0.326 e. The van der Waals surface area contributed by atoms with Crippen LogP contribution in [0.2, 0.25) is 0 Å². The summed E-state index contributed by atoms with van der Waals surface area (Å²) in [7, 11) is 0. The molecule has 1 amide bonds. The fourth-order valence-corrected chi connectivity index (χ4v) is 1.97. The topological polar surface area (TPSA) is 46.2 Å². The van der Waals surface area contributed by atoms with Crippen LogP contribution < -0.4 is 5.32 Å². The molecule has 0 saturated carbocycles. The molecule has 1 N–H and O–H groups in total. The molecule has 0 aromatic heterocycles. The van der Waals surface area contributed by atoms with Gasteiger partial charge in [0.1, 0.15) is 0 Å². The molecular weight excluding hydrogens is 190 g/mol. The van der Waals surface area contributed by atoms with Crippen LogP contribution in [0.5, 0.6) is 0 Å². The summed E-state index contributed by atoms with van der Waals surface area (Å²) >= 11 is 0. The van der Waals surface area contributed by atoms with Crippen molar-refractivity contribution >= 4 is 17.4 Å². The van der Waals surface area contributed by atoms with Crippen molar-refractivity contribution < 1.29 is 9.59 Å². The maximum Gasteiger partial charge on any atom is 0.224 e. The van der Waals surface area contributed by atoms with Crippen LogP contribution in [0, 0.1) is 6.92 Å². The zero-order valence-corrected chi connectivity index (χ0v) is 8.89. The van der Waals surface area contributed by atoms with E-state index in [4.69, 9.17) is 0 Å². The van der Waals surface area contributed by atoms with Crippen molar-refractivity contribution in [1.82, 2.24) is 0 Å². The van der Waals surface area contributed by atoms with Gasteiger partial charge < -0.3 is 5.32 Å². The first-order valence-electron chi connectivity index (χ1n) is 5.03. The SMILES string of the molecule is CC(=O)c1ccc(C)c2c1CCC(=O)N2. The van der Waals surface area contributed by atoms with E-state index >= 15 is 0 Å². The van der Waals surface area contributed by atoms with Gasteiger partial charge in [0.2, 0.25) is 5.91 Å². The van der Waals surface area contributed by atoms with Crippen LogP contribution in [-0.4, -0.2) is 11.7 Å². The summed E-state index contributed by atoms with van der Waals surface area (Å²) < 4.78 is 0. The predicted octanol–water partition coefficient (Wildman–Crippen LogP) is 2.08. The second-order valence-electron chi connectivity index (χ2n) is 3.89. The fraction of sp³-hybridized carbons (Fsp3) is 0.333. The molecule has 0 atom stereocenters. The van der Waals surface area contributed by atoms with Crippen molar-refractivity contribution in [3.05, 3.63) is 28.8 Å². The summed E-state index contributed by atoms with van der Waals surface area (Å²) in [6, 6.07) is 3.72. The van der Waals surface area contributed by atoms with Crippen molar-refractivity contribution in [3.8, 4) is 0 Å². The van der Waals surface area contributed by atoms with Crippen molar-refractivity contribution in [2.24, 2.45) is 0 Å². The Kier molecular flexibility index (Phi) is 2.31. The number of carbonyl (C=O) groups is 2. The van der Waals surface area contributed by atoms with Gasteiger partial charge in [0, 0.05) is 17.7 Å². The predicted molar refractivity (Wildman–Crippen MR) is 58.1 cm³/mol. The molecule has 1 aliphatic rings. The lowest BCUT2D eigenvalue weighted by Crippen LogP contribution is -2.21. The summed E-state index contributed by atoms with van der Waals surface area (Å²) in [5.41, 5.74) is 3.57. The molecule has 3 heteroatoms. The van der Waals surface area contributed by atoms with E-state index in [1.54, 1.807) is 6.92 Å². The highest BCUT2D eigenvalue weighted by molar-refractivity contribution is 6.01. The van der Waals surface area contributed by atoms with E-state index in [1.807, 2.05) is 19.1 Å². The van der Waals surface area contributed by atoms with Crippen molar-refractivity contribution in [2.75, 3.05) is 5.32 Å². The van der Waals surface area contributed by atoms with Crippen molar-refractivity contribution in [1.29, 1.82) is 0 Å². The second kappa shape index (κ2) is 3.50. The molecule has 0 unspecified atom stereocenters. The fourth-order valence-electron chi connectivity index (χ4n) is 1.97. The van der Waals surface area contributed by atoms with Crippen LogP contribution in [0.25, 0.3) is 0 Å². The second-order valence-corrected chi connectivity index (χ2v) is 3.89. The Labute approximate surface area is 88.5 Å². The Balaban J connectivity index is 2.60. The Morgan fingerprint density at radius 1 is 1.33 bits per heavy atom. The number of rotatable bonds is 1.